The van der Waals surface area contributed by atoms with Crippen LogP contribution in [0, 0.1) is 0 Å². The molecule has 150 valence electrons. The van der Waals surface area contributed by atoms with Gasteiger partial charge in [0.05, 0.1) is 33.4 Å². The molecule has 1 aromatic rings. The zero-order valence-electron chi connectivity index (χ0n) is 16.4. The maximum atomic E-state index is 5.48. The van der Waals surface area contributed by atoms with E-state index in [1.54, 1.807) is 21.3 Å². The summed E-state index contributed by atoms with van der Waals surface area (Å²) < 4.78 is 16.2. The van der Waals surface area contributed by atoms with E-state index in [4.69, 9.17) is 14.2 Å². The van der Waals surface area contributed by atoms with Crippen molar-refractivity contribution in [2.45, 2.75) is 26.3 Å². The maximum absolute atomic E-state index is 5.48. The number of halogens is 1. The molecule has 0 aliphatic heterocycles. The van der Waals surface area contributed by atoms with Crippen LogP contribution in [-0.4, -0.2) is 52.4 Å². The van der Waals surface area contributed by atoms with E-state index in [2.05, 4.69) is 28.8 Å². The fourth-order valence-corrected chi connectivity index (χ4v) is 2.80. The summed E-state index contributed by atoms with van der Waals surface area (Å²) in [5.74, 6) is 4.09. The van der Waals surface area contributed by atoms with E-state index >= 15 is 0 Å². The van der Waals surface area contributed by atoms with Crippen LogP contribution in [0.5, 0.6) is 17.2 Å². The van der Waals surface area contributed by atoms with Gasteiger partial charge >= 0.3 is 0 Å². The summed E-state index contributed by atoms with van der Waals surface area (Å²) in [5.41, 5.74) is 0.894. The quantitative estimate of drug-likeness (QED) is 0.211. The minimum absolute atomic E-state index is 0. The van der Waals surface area contributed by atoms with E-state index in [0.29, 0.717) is 23.8 Å². The van der Waals surface area contributed by atoms with Gasteiger partial charge in [-0.2, -0.15) is 11.8 Å². The summed E-state index contributed by atoms with van der Waals surface area (Å²) in [6, 6.07) is 3.69. The number of unbranched alkanes of at least 4 members (excludes halogenated alkanes) is 1. The van der Waals surface area contributed by atoms with Gasteiger partial charge in [-0.05, 0) is 31.8 Å². The van der Waals surface area contributed by atoms with Crippen molar-refractivity contribution < 1.29 is 14.2 Å². The summed E-state index contributed by atoms with van der Waals surface area (Å²) in [6.45, 7) is 4.23. The second-order valence-corrected chi connectivity index (χ2v) is 6.32. The van der Waals surface area contributed by atoms with Gasteiger partial charge in [0.1, 0.15) is 17.2 Å². The number of rotatable bonds is 11. The summed E-state index contributed by atoms with van der Waals surface area (Å²) in [4.78, 5) is 4.66. The van der Waals surface area contributed by atoms with Crippen molar-refractivity contribution in [2.24, 2.45) is 4.99 Å². The molecule has 26 heavy (non-hydrogen) atoms. The molecule has 6 nitrogen and oxygen atoms in total. The first kappa shape index (κ1) is 25.0. The number of ether oxygens (including phenoxy) is 3. The number of thioether (sulfide) groups is 1. The van der Waals surface area contributed by atoms with E-state index in [1.165, 1.54) is 12.2 Å². The number of methoxy groups -OCH3 is 3. The van der Waals surface area contributed by atoms with Gasteiger partial charge in [-0.15, -0.1) is 24.0 Å². The molecule has 0 aliphatic rings. The third-order valence-corrected chi connectivity index (χ3v) is 4.32. The molecular formula is C18H32IN3O3S. The van der Waals surface area contributed by atoms with Gasteiger partial charge < -0.3 is 24.8 Å². The molecule has 0 saturated heterocycles. The zero-order chi connectivity index (χ0) is 18.5. The number of benzene rings is 1. The maximum Gasteiger partial charge on any atom is 0.191 e. The predicted octanol–water partition coefficient (Wildman–Crippen LogP) is 3.53. The molecule has 0 aromatic heterocycles. The third-order valence-electron chi connectivity index (χ3n) is 3.62. The number of guanidine groups is 1. The molecule has 1 rings (SSSR count). The first-order valence-electron chi connectivity index (χ1n) is 8.50. The highest BCUT2D eigenvalue weighted by atomic mass is 127. The van der Waals surface area contributed by atoms with Crippen molar-refractivity contribution in [3.63, 3.8) is 0 Å². The van der Waals surface area contributed by atoms with Crippen LogP contribution in [0.3, 0.4) is 0 Å². The first-order chi connectivity index (χ1) is 12.2. The smallest absolute Gasteiger partial charge is 0.191 e. The van der Waals surface area contributed by atoms with Crippen LogP contribution in [0.4, 0.5) is 0 Å². The Kier molecular flexibility index (Phi) is 14.5. The van der Waals surface area contributed by atoms with Gasteiger partial charge in [0.15, 0.2) is 5.96 Å². The highest BCUT2D eigenvalue weighted by Gasteiger charge is 2.13. The Morgan fingerprint density at radius 2 is 1.69 bits per heavy atom. The Bertz CT molecular complexity index is 519. The highest BCUT2D eigenvalue weighted by molar-refractivity contribution is 14.0. The average Bonchev–Trinajstić information content (AvgIpc) is 2.64. The molecule has 8 heteroatoms. The Morgan fingerprint density at radius 3 is 2.19 bits per heavy atom. The van der Waals surface area contributed by atoms with Crippen LogP contribution < -0.4 is 24.8 Å². The molecule has 0 unspecified atom stereocenters. The molecule has 2 N–H and O–H groups in total. The summed E-state index contributed by atoms with van der Waals surface area (Å²) in [5, 5.41) is 6.64. The van der Waals surface area contributed by atoms with Gasteiger partial charge in [0.25, 0.3) is 0 Å². The van der Waals surface area contributed by atoms with Gasteiger partial charge in [0, 0.05) is 25.2 Å². The van der Waals surface area contributed by atoms with Crippen molar-refractivity contribution in [1.29, 1.82) is 0 Å². The molecule has 0 atom stereocenters. The summed E-state index contributed by atoms with van der Waals surface area (Å²) in [7, 11) is 4.89. The highest BCUT2D eigenvalue weighted by Crippen LogP contribution is 2.34. The lowest BCUT2D eigenvalue weighted by molar-refractivity contribution is 0.369. The molecule has 0 spiro atoms. The van der Waals surface area contributed by atoms with Crippen LogP contribution >= 0.6 is 35.7 Å². The van der Waals surface area contributed by atoms with Gasteiger partial charge in [0.2, 0.25) is 0 Å². The van der Waals surface area contributed by atoms with Crippen LogP contribution in [0.25, 0.3) is 0 Å². The number of nitrogens with one attached hydrogen (secondary N) is 2. The monoisotopic (exact) mass is 497 g/mol. The van der Waals surface area contributed by atoms with Crippen LogP contribution in [0.1, 0.15) is 25.3 Å². The first-order valence-corrected chi connectivity index (χ1v) is 9.89. The van der Waals surface area contributed by atoms with Gasteiger partial charge in [-0.3, -0.25) is 0 Å². The Balaban J connectivity index is 0.00000625. The lowest BCUT2D eigenvalue weighted by Crippen LogP contribution is -2.37. The minimum atomic E-state index is 0. The molecule has 0 bridgehead atoms. The zero-order valence-corrected chi connectivity index (χ0v) is 19.5. The summed E-state index contributed by atoms with van der Waals surface area (Å²) in [6.07, 6.45) is 4.46. The van der Waals surface area contributed by atoms with Gasteiger partial charge in [-0.1, -0.05) is 0 Å². The van der Waals surface area contributed by atoms with E-state index in [0.717, 1.165) is 31.0 Å². The lowest BCUT2D eigenvalue weighted by Gasteiger charge is -2.15. The third kappa shape index (κ3) is 8.57. The normalized spacial score (nSPS) is 10.7. The number of nitrogens with zero attached hydrogens (tertiary/aromatic N) is 1. The summed E-state index contributed by atoms with van der Waals surface area (Å²) >= 11 is 1.88. The largest absolute Gasteiger partial charge is 0.496 e. The van der Waals surface area contributed by atoms with Crippen LogP contribution in [0.2, 0.25) is 0 Å². The Labute approximate surface area is 178 Å². The minimum Gasteiger partial charge on any atom is -0.496 e. The predicted molar refractivity (Wildman–Crippen MR) is 122 cm³/mol. The molecule has 1 aromatic carbocycles. The van der Waals surface area contributed by atoms with E-state index in [1.807, 2.05) is 23.9 Å². The fourth-order valence-electron chi connectivity index (χ4n) is 2.31. The lowest BCUT2D eigenvalue weighted by atomic mass is 10.1. The number of hydrogen-bond donors (Lipinski definition) is 2. The number of hydrogen-bond acceptors (Lipinski definition) is 5. The molecule has 0 radical (unpaired) electrons. The Hall–Kier alpha value is -1.03. The molecule has 0 heterocycles. The van der Waals surface area contributed by atoms with Crippen molar-refractivity contribution in [3.05, 3.63) is 17.7 Å². The van der Waals surface area contributed by atoms with Gasteiger partial charge in [-0.25, -0.2) is 4.99 Å². The second kappa shape index (κ2) is 15.1. The molecule has 0 amide bonds. The van der Waals surface area contributed by atoms with Crippen LogP contribution in [-0.2, 0) is 6.54 Å². The SMILES string of the molecule is CCNC(=NCc1c(OC)cc(OC)cc1OC)NCCCCSC.I. The molecule has 0 fully saturated rings. The molecular weight excluding hydrogens is 465 g/mol. The number of aliphatic imine (C=N–C) groups is 1. The van der Waals surface area contributed by atoms with Crippen molar-refractivity contribution in [1.82, 2.24) is 10.6 Å². The molecule has 0 saturated carbocycles. The van der Waals surface area contributed by atoms with E-state index in [9.17, 15) is 0 Å². The molecule has 0 aliphatic carbocycles. The standard InChI is InChI=1S/C18H31N3O3S.HI/c1-6-19-18(20-9-7-8-10-25-5)21-13-15-16(23-3)11-14(22-2)12-17(15)24-4;/h11-12H,6-10,13H2,1-5H3,(H2,19,20,21);1H. The van der Waals surface area contributed by atoms with Crippen LogP contribution in [0.15, 0.2) is 17.1 Å². The van der Waals surface area contributed by atoms with E-state index in [-0.39, 0.29) is 24.0 Å². The van der Waals surface area contributed by atoms with Crippen molar-refractivity contribution in [2.75, 3.05) is 46.4 Å². The average molecular weight is 497 g/mol. The Morgan fingerprint density at radius 1 is 1.04 bits per heavy atom. The van der Waals surface area contributed by atoms with Crippen molar-refractivity contribution in [3.8, 4) is 17.2 Å². The fraction of sp³-hybridized carbons (Fsp3) is 0.611. The van der Waals surface area contributed by atoms with E-state index < -0.39 is 0 Å². The van der Waals surface area contributed by atoms with Crippen molar-refractivity contribution >= 4 is 41.7 Å². The topological polar surface area (TPSA) is 64.1 Å². The second-order valence-electron chi connectivity index (χ2n) is 5.33.